The fourth-order valence-electron chi connectivity index (χ4n) is 2.26. The fourth-order valence-corrected chi connectivity index (χ4v) is 2.26. The molecule has 1 aliphatic heterocycles. The van der Waals surface area contributed by atoms with Gasteiger partial charge < -0.3 is 15.4 Å². The van der Waals surface area contributed by atoms with Crippen molar-refractivity contribution in [3.8, 4) is 0 Å². The number of carbonyl (C=O) groups is 1. The number of piperidine rings is 1. The van der Waals surface area contributed by atoms with Gasteiger partial charge in [0.15, 0.2) is 0 Å². The first kappa shape index (κ1) is 11.8. The molecule has 0 saturated carbocycles. The molecule has 2 N–H and O–H groups in total. The topological polar surface area (TPSA) is 55.6 Å². The summed E-state index contributed by atoms with van der Waals surface area (Å²) in [6.07, 6.45) is 1.93. The van der Waals surface area contributed by atoms with E-state index in [0.29, 0.717) is 0 Å². The second-order valence-corrected chi connectivity index (χ2v) is 4.40. The van der Waals surface area contributed by atoms with Gasteiger partial charge in [0, 0.05) is 24.5 Å². The summed E-state index contributed by atoms with van der Waals surface area (Å²) in [5, 5.41) is 0. The minimum atomic E-state index is -0.106. The summed E-state index contributed by atoms with van der Waals surface area (Å²) in [5.74, 6) is -0.114. The number of rotatable bonds is 2. The van der Waals surface area contributed by atoms with Gasteiger partial charge in [-0.3, -0.25) is 4.79 Å². The molecule has 1 unspecified atom stereocenters. The molecule has 1 aromatic rings. The van der Waals surface area contributed by atoms with Crippen LogP contribution < -0.4 is 10.6 Å². The normalized spacial score (nSPS) is 20.1. The molecule has 1 saturated heterocycles. The first-order valence-electron chi connectivity index (χ1n) is 5.89. The lowest BCUT2D eigenvalue weighted by Gasteiger charge is -2.33. The van der Waals surface area contributed by atoms with Gasteiger partial charge in [-0.15, -0.1) is 0 Å². The number of nitrogens with zero attached hydrogens (tertiary/aromatic N) is 1. The molecular weight excluding hydrogens is 216 g/mol. The van der Waals surface area contributed by atoms with E-state index < -0.39 is 0 Å². The summed E-state index contributed by atoms with van der Waals surface area (Å²) in [5.41, 5.74) is 7.54. The zero-order valence-corrected chi connectivity index (χ0v) is 10.1. The maximum Gasteiger partial charge on any atom is 0.310 e. The number of esters is 1. The maximum absolute atomic E-state index is 11.5. The van der Waals surface area contributed by atoms with E-state index in [1.807, 2.05) is 24.3 Å². The average Bonchev–Trinajstić information content (AvgIpc) is 2.39. The standard InChI is InChI=1S/C13H18N2O2/c1-17-13(16)10-3-2-8-15(9-10)12-6-4-11(14)5-7-12/h4-7,10H,2-3,8-9,14H2,1H3. The van der Waals surface area contributed by atoms with E-state index in [4.69, 9.17) is 10.5 Å². The van der Waals surface area contributed by atoms with Crippen LogP contribution in [-0.4, -0.2) is 26.2 Å². The van der Waals surface area contributed by atoms with E-state index in [0.717, 1.165) is 37.3 Å². The van der Waals surface area contributed by atoms with Crippen molar-refractivity contribution in [3.63, 3.8) is 0 Å². The Kier molecular flexibility index (Phi) is 3.52. The quantitative estimate of drug-likeness (QED) is 0.624. The Labute approximate surface area is 101 Å². The van der Waals surface area contributed by atoms with Gasteiger partial charge in [-0.05, 0) is 37.1 Å². The number of hydrogen-bond donors (Lipinski definition) is 1. The van der Waals surface area contributed by atoms with E-state index in [1.54, 1.807) is 0 Å². The molecule has 17 heavy (non-hydrogen) atoms. The molecule has 0 aromatic heterocycles. The Balaban J connectivity index is 2.06. The molecular formula is C13H18N2O2. The third-order valence-electron chi connectivity index (χ3n) is 3.21. The number of carbonyl (C=O) groups excluding carboxylic acids is 1. The predicted octanol–water partition coefficient (Wildman–Crippen LogP) is 1.66. The van der Waals surface area contributed by atoms with E-state index in [1.165, 1.54) is 7.11 Å². The van der Waals surface area contributed by atoms with Crippen LogP contribution in [0.25, 0.3) is 0 Å². The highest BCUT2D eigenvalue weighted by Crippen LogP contribution is 2.24. The maximum atomic E-state index is 11.5. The molecule has 0 amide bonds. The third-order valence-corrected chi connectivity index (χ3v) is 3.21. The lowest BCUT2D eigenvalue weighted by Crippen LogP contribution is -2.39. The van der Waals surface area contributed by atoms with Crippen LogP contribution in [0.3, 0.4) is 0 Å². The van der Waals surface area contributed by atoms with E-state index >= 15 is 0 Å². The minimum absolute atomic E-state index is 0.00805. The zero-order valence-electron chi connectivity index (χ0n) is 10.1. The van der Waals surface area contributed by atoms with Crippen LogP contribution in [0.15, 0.2) is 24.3 Å². The summed E-state index contributed by atoms with van der Waals surface area (Å²) < 4.78 is 4.81. The lowest BCUT2D eigenvalue weighted by molar-refractivity contribution is -0.145. The van der Waals surface area contributed by atoms with Gasteiger partial charge in [-0.1, -0.05) is 0 Å². The van der Waals surface area contributed by atoms with Crippen LogP contribution in [0.1, 0.15) is 12.8 Å². The molecule has 2 rings (SSSR count). The highest BCUT2D eigenvalue weighted by atomic mass is 16.5. The second-order valence-electron chi connectivity index (χ2n) is 4.40. The van der Waals surface area contributed by atoms with Crippen molar-refractivity contribution in [2.24, 2.45) is 5.92 Å². The smallest absolute Gasteiger partial charge is 0.310 e. The van der Waals surface area contributed by atoms with Gasteiger partial charge in [0.1, 0.15) is 0 Å². The number of ether oxygens (including phenoxy) is 1. The number of hydrogen-bond acceptors (Lipinski definition) is 4. The molecule has 0 aliphatic carbocycles. The third kappa shape index (κ3) is 2.70. The van der Waals surface area contributed by atoms with Crippen molar-refractivity contribution in [1.29, 1.82) is 0 Å². The van der Waals surface area contributed by atoms with Gasteiger partial charge in [0.2, 0.25) is 0 Å². The van der Waals surface area contributed by atoms with Crippen molar-refractivity contribution in [1.82, 2.24) is 0 Å². The Morgan fingerprint density at radius 1 is 1.41 bits per heavy atom. The summed E-state index contributed by atoms with van der Waals surface area (Å²) in [7, 11) is 1.45. The van der Waals surface area contributed by atoms with Crippen LogP contribution in [0, 0.1) is 5.92 Å². The van der Waals surface area contributed by atoms with Crippen molar-refractivity contribution < 1.29 is 9.53 Å². The molecule has 1 aromatic carbocycles. The van der Waals surface area contributed by atoms with E-state index in [9.17, 15) is 4.79 Å². The monoisotopic (exact) mass is 234 g/mol. The highest BCUT2D eigenvalue weighted by molar-refractivity contribution is 5.73. The Bertz CT molecular complexity index is 389. The molecule has 4 nitrogen and oxygen atoms in total. The molecule has 4 heteroatoms. The predicted molar refractivity (Wildman–Crippen MR) is 67.8 cm³/mol. The molecule has 0 spiro atoms. The molecule has 1 aliphatic rings. The number of methoxy groups -OCH3 is 1. The number of anilines is 2. The van der Waals surface area contributed by atoms with Gasteiger partial charge >= 0.3 is 5.97 Å². The van der Waals surface area contributed by atoms with E-state index in [-0.39, 0.29) is 11.9 Å². The summed E-state index contributed by atoms with van der Waals surface area (Å²) in [6.45, 7) is 1.72. The lowest BCUT2D eigenvalue weighted by atomic mass is 9.97. The first-order chi connectivity index (χ1) is 8.20. The van der Waals surface area contributed by atoms with Crippen LogP contribution in [-0.2, 0) is 9.53 Å². The van der Waals surface area contributed by atoms with Crippen LogP contribution in [0.5, 0.6) is 0 Å². The largest absolute Gasteiger partial charge is 0.469 e. The summed E-state index contributed by atoms with van der Waals surface area (Å²) in [4.78, 5) is 13.7. The Morgan fingerprint density at radius 3 is 2.76 bits per heavy atom. The summed E-state index contributed by atoms with van der Waals surface area (Å²) >= 11 is 0. The van der Waals surface area contributed by atoms with Crippen molar-refractivity contribution in [2.45, 2.75) is 12.8 Å². The van der Waals surface area contributed by atoms with Crippen LogP contribution >= 0.6 is 0 Å². The minimum Gasteiger partial charge on any atom is -0.469 e. The first-order valence-corrected chi connectivity index (χ1v) is 5.89. The molecule has 1 heterocycles. The zero-order chi connectivity index (χ0) is 12.3. The van der Waals surface area contributed by atoms with Crippen LogP contribution in [0.4, 0.5) is 11.4 Å². The average molecular weight is 234 g/mol. The SMILES string of the molecule is COC(=O)C1CCCN(c2ccc(N)cc2)C1. The van der Waals surface area contributed by atoms with Gasteiger partial charge in [-0.2, -0.15) is 0 Å². The van der Waals surface area contributed by atoms with Gasteiger partial charge in [0.25, 0.3) is 0 Å². The number of benzene rings is 1. The van der Waals surface area contributed by atoms with Gasteiger partial charge in [-0.25, -0.2) is 0 Å². The number of nitrogen functional groups attached to an aromatic ring is 1. The van der Waals surface area contributed by atoms with Gasteiger partial charge in [0.05, 0.1) is 13.0 Å². The van der Waals surface area contributed by atoms with Crippen molar-refractivity contribution in [3.05, 3.63) is 24.3 Å². The molecule has 92 valence electrons. The molecule has 0 bridgehead atoms. The Morgan fingerprint density at radius 2 is 2.12 bits per heavy atom. The highest BCUT2D eigenvalue weighted by Gasteiger charge is 2.26. The van der Waals surface area contributed by atoms with E-state index in [2.05, 4.69) is 4.90 Å². The molecule has 0 radical (unpaired) electrons. The second kappa shape index (κ2) is 5.08. The number of nitrogens with two attached hydrogens (primary N) is 1. The summed E-state index contributed by atoms with van der Waals surface area (Å²) in [6, 6.07) is 7.76. The fraction of sp³-hybridized carbons (Fsp3) is 0.462. The molecule has 1 atom stereocenters. The molecule has 1 fully saturated rings. The van der Waals surface area contributed by atoms with Crippen LogP contribution in [0.2, 0.25) is 0 Å². The Hall–Kier alpha value is -1.71. The van der Waals surface area contributed by atoms with Crippen molar-refractivity contribution >= 4 is 17.3 Å². The van der Waals surface area contributed by atoms with Crippen molar-refractivity contribution in [2.75, 3.05) is 30.8 Å².